The molecular formula is C25H25N7O3S. The number of anilines is 2. The van der Waals surface area contributed by atoms with Gasteiger partial charge < -0.3 is 4.57 Å². The Balaban J connectivity index is 1.39. The molecule has 0 N–H and O–H groups in total. The van der Waals surface area contributed by atoms with E-state index in [0.717, 1.165) is 23.1 Å². The molecule has 1 aliphatic rings. The summed E-state index contributed by atoms with van der Waals surface area (Å²) < 4.78 is 25.3. The van der Waals surface area contributed by atoms with Gasteiger partial charge in [0, 0.05) is 42.8 Å². The van der Waals surface area contributed by atoms with Crippen LogP contribution in [0.4, 0.5) is 16.3 Å². The van der Waals surface area contributed by atoms with Crippen molar-refractivity contribution in [3.05, 3.63) is 67.1 Å². The molecule has 11 heteroatoms. The molecule has 1 aliphatic heterocycles. The van der Waals surface area contributed by atoms with Crippen LogP contribution >= 0.6 is 0 Å². The van der Waals surface area contributed by atoms with Crippen molar-refractivity contribution in [3.8, 4) is 22.6 Å². The smallest absolute Gasteiger partial charge is 0.310 e. The number of hydrogen-bond donors (Lipinski definition) is 0. The van der Waals surface area contributed by atoms with E-state index in [0.29, 0.717) is 30.4 Å². The van der Waals surface area contributed by atoms with Gasteiger partial charge in [0.1, 0.15) is 17.8 Å². The van der Waals surface area contributed by atoms with Crippen molar-refractivity contribution in [2.75, 3.05) is 29.1 Å². The maximum atomic E-state index is 13.4. The molecule has 1 aromatic carbocycles. The van der Waals surface area contributed by atoms with Gasteiger partial charge in [0.25, 0.3) is 0 Å². The number of amides is 2. The number of nitrogens with zero attached hydrogens (tertiary/aromatic N) is 7. The minimum atomic E-state index is -3.37. The van der Waals surface area contributed by atoms with Gasteiger partial charge in [-0.1, -0.05) is 18.2 Å². The maximum Gasteiger partial charge on any atom is 0.330 e. The first-order valence-electron chi connectivity index (χ1n) is 11.4. The summed E-state index contributed by atoms with van der Waals surface area (Å²) in [5.41, 5.74) is 2.98. The molecule has 0 saturated carbocycles. The Hall–Kier alpha value is -4.12. The Bertz CT molecular complexity index is 1530. The Kier molecular flexibility index (Phi) is 6.00. The lowest BCUT2D eigenvalue weighted by atomic mass is 10.1. The van der Waals surface area contributed by atoms with Gasteiger partial charge in [-0.15, -0.1) is 10.2 Å². The second-order valence-corrected chi connectivity index (χ2v) is 10.8. The summed E-state index contributed by atoms with van der Waals surface area (Å²) in [6.07, 6.45) is 4.33. The summed E-state index contributed by atoms with van der Waals surface area (Å²) in [5.74, 6) is 1.20. The van der Waals surface area contributed by atoms with E-state index < -0.39 is 9.84 Å². The number of pyridine rings is 2. The fraction of sp³-hybridized carbons (Fsp3) is 0.240. The van der Waals surface area contributed by atoms with Crippen LogP contribution in [0.5, 0.6) is 0 Å². The van der Waals surface area contributed by atoms with Gasteiger partial charge in [-0.2, -0.15) is 0 Å². The molecule has 36 heavy (non-hydrogen) atoms. The molecule has 184 valence electrons. The largest absolute Gasteiger partial charge is 0.330 e. The van der Waals surface area contributed by atoms with E-state index >= 15 is 0 Å². The van der Waals surface area contributed by atoms with Crippen LogP contribution in [-0.2, 0) is 9.84 Å². The minimum Gasteiger partial charge on any atom is -0.310 e. The molecule has 0 radical (unpaired) electrons. The quantitative estimate of drug-likeness (QED) is 0.393. The monoisotopic (exact) mass is 503 g/mol. The average molecular weight is 504 g/mol. The minimum absolute atomic E-state index is 0.0224. The lowest BCUT2D eigenvalue weighted by Gasteiger charge is -2.19. The van der Waals surface area contributed by atoms with Gasteiger partial charge >= 0.3 is 6.03 Å². The first-order valence-corrected chi connectivity index (χ1v) is 13.3. The summed E-state index contributed by atoms with van der Waals surface area (Å²) >= 11 is 0. The molecule has 1 fully saturated rings. The summed E-state index contributed by atoms with van der Waals surface area (Å²) in [6.45, 7) is 5.08. The van der Waals surface area contributed by atoms with E-state index in [-0.39, 0.29) is 17.1 Å². The van der Waals surface area contributed by atoms with Crippen LogP contribution in [0.1, 0.15) is 19.9 Å². The molecule has 2 amide bonds. The molecule has 4 heterocycles. The number of hydrogen-bond acceptors (Lipinski definition) is 7. The van der Waals surface area contributed by atoms with Gasteiger partial charge in [-0.3, -0.25) is 9.80 Å². The Morgan fingerprint density at radius 1 is 0.944 bits per heavy atom. The van der Waals surface area contributed by atoms with Gasteiger partial charge in [-0.25, -0.2) is 23.2 Å². The maximum absolute atomic E-state index is 13.4. The normalized spacial score (nSPS) is 14.2. The van der Waals surface area contributed by atoms with E-state index in [2.05, 4.69) is 15.2 Å². The topological polar surface area (TPSA) is 114 Å². The van der Waals surface area contributed by atoms with Crippen LogP contribution in [0.15, 0.2) is 72.1 Å². The zero-order valence-electron chi connectivity index (χ0n) is 20.1. The van der Waals surface area contributed by atoms with Crippen LogP contribution in [-0.4, -0.2) is 58.5 Å². The molecule has 0 atom stereocenters. The number of carbonyl (C=O) groups excluding carboxylic acids is 1. The standard InChI is InChI=1S/C25H25N7O3S/c1-17(2)32-16-27-29-24(32)21-8-5-9-22(28-21)31-13-12-30(25(31)33)20-7-4-6-18(14-20)19-10-11-23(26-15-19)36(3,34)35/h4-11,14-17H,12-13H2,1-3H3. The van der Waals surface area contributed by atoms with E-state index in [4.69, 9.17) is 4.98 Å². The van der Waals surface area contributed by atoms with Crippen molar-refractivity contribution >= 4 is 27.4 Å². The fourth-order valence-corrected chi connectivity index (χ4v) is 4.67. The van der Waals surface area contributed by atoms with Gasteiger partial charge in [0.15, 0.2) is 20.7 Å². The second kappa shape index (κ2) is 9.15. The number of aromatic nitrogens is 5. The highest BCUT2D eigenvalue weighted by molar-refractivity contribution is 7.90. The summed E-state index contributed by atoms with van der Waals surface area (Å²) in [7, 11) is -3.37. The molecule has 5 rings (SSSR count). The van der Waals surface area contributed by atoms with E-state index in [1.165, 1.54) is 12.3 Å². The van der Waals surface area contributed by atoms with Crippen molar-refractivity contribution in [1.29, 1.82) is 0 Å². The second-order valence-electron chi connectivity index (χ2n) is 8.83. The third kappa shape index (κ3) is 4.44. The van der Waals surface area contributed by atoms with Crippen molar-refractivity contribution in [2.45, 2.75) is 24.9 Å². The predicted octanol–water partition coefficient (Wildman–Crippen LogP) is 3.83. The summed E-state index contributed by atoms with van der Waals surface area (Å²) in [5, 5.41) is 8.25. The van der Waals surface area contributed by atoms with E-state index in [1.54, 1.807) is 22.2 Å². The highest BCUT2D eigenvalue weighted by Crippen LogP contribution is 2.29. The predicted molar refractivity (Wildman–Crippen MR) is 137 cm³/mol. The third-order valence-corrected chi connectivity index (χ3v) is 6.99. The lowest BCUT2D eigenvalue weighted by molar-refractivity contribution is 0.255. The molecule has 0 bridgehead atoms. The number of benzene rings is 1. The number of rotatable bonds is 6. The Morgan fingerprint density at radius 3 is 2.44 bits per heavy atom. The molecule has 0 unspecified atom stereocenters. The van der Waals surface area contributed by atoms with Gasteiger partial charge in [-0.05, 0) is 55.8 Å². The van der Waals surface area contributed by atoms with E-state index in [9.17, 15) is 13.2 Å². The van der Waals surface area contributed by atoms with Crippen molar-refractivity contribution < 1.29 is 13.2 Å². The van der Waals surface area contributed by atoms with Crippen LogP contribution in [0.25, 0.3) is 22.6 Å². The molecule has 4 aromatic rings. The van der Waals surface area contributed by atoms with E-state index in [1.807, 2.05) is 60.9 Å². The highest BCUT2D eigenvalue weighted by Gasteiger charge is 2.32. The zero-order valence-corrected chi connectivity index (χ0v) is 20.9. The van der Waals surface area contributed by atoms with Crippen LogP contribution in [0.2, 0.25) is 0 Å². The highest BCUT2D eigenvalue weighted by atomic mass is 32.2. The molecule has 1 saturated heterocycles. The molecule has 0 spiro atoms. The zero-order chi connectivity index (χ0) is 25.4. The molecular weight excluding hydrogens is 478 g/mol. The van der Waals surface area contributed by atoms with Crippen molar-refractivity contribution in [3.63, 3.8) is 0 Å². The SMILES string of the molecule is CC(C)n1cnnc1-c1cccc(N2CCN(c3cccc(-c4ccc(S(C)(=O)=O)nc4)c3)C2=O)n1. The van der Waals surface area contributed by atoms with Crippen molar-refractivity contribution in [1.82, 2.24) is 24.7 Å². The summed E-state index contributed by atoms with van der Waals surface area (Å²) in [4.78, 5) is 25.5. The number of sulfone groups is 1. The Morgan fingerprint density at radius 2 is 1.72 bits per heavy atom. The first-order chi connectivity index (χ1) is 17.2. The average Bonchev–Trinajstić information content (AvgIpc) is 3.51. The molecule has 0 aliphatic carbocycles. The molecule has 10 nitrogen and oxygen atoms in total. The first kappa shape index (κ1) is 23.6. The molecule has 3 aromatic heterocycles. The lowest BCUT2D eigenvalue weighted by Crippen LogP contribution is -2.32. The Labute approximate surface area is 209 Å². The fourth-order valence-electron chi connectivity index (χ4n) is 4.11. The van der Waals surface area contributed by atoms with Crippen molar-refractivity contribution in [2.24, 2.45) is 0 Å². The summed E-state index contributed by atoms with van der Waals surface area (Å²) in [6, 6.07) is 16.3. The van der Waals surface area contributed by atoms with Gasteiger partial charge in [0.05, 0.1) is 0 Å². The number of carbonyl (C=O) groups is 1. The van der Waals surface area contributed by atoms with Crippen LogP contribution < -0.4 is 9.80 Å². The van der Waals surface area contributed by atoms with Crippen LogP contribution in [0, 0.1) is 0 Å². The van der Waals surface area contributed by atoms with Gasteiger partial charge in [0.2, 0.25) is 0 Å². The third-order valence-electron chi connectivity index (χ3n) is 5.99. The number of urea groups is 1. The van der Waals surface area contributed by atoms with Crippen LogP contribution in [0.3, 0.4) is 0 Å².